The SMILES string of the molecule is CCNc1ncc(C)c(NC(C)C(=O)N(C)CC)n1. The van der Waals surface area contributed by atoms with Gasteiger partial charge >= 0.3 is 0 Å². The van der Waals surface area contributed by atoms with Gasteiger partial charge in [-0.2, -0.15) is 4.98 Å². The van der Waals surface area contributed by atoms with Gasteiger partial charge in [0.1, 0.15) is 11.9 Å². The van der Waals surface area contributed by atoms with Gasteiger partial charge in [0.25, 0.3) is 0 Å². The van der Waals surface area contributed by atoms with Crippen molar-refractivity contribution >= 4 is 17.7 Å². The predicted octanol–water partition coefficient (Wildman–Crippen LogP) is 1.50. The third-order valence-electron chi connectivity index (χ3n) is 2.88. The van der Waals surface area contributed by atoms with E-state index in [1.54, 1.807) is 18.1 Å². The van der Waals surface area contributed by atoms with Gasteiger partial charge in [-0.1, -0.05) is 0 Å². The van der Waals surface area contributed by atoms with E-state index in [0.717, 1.165) is 12.1 Å². The number of carbonyl (C=O) groups is 1. The topological polar surface area (TPSA) is 70.2 Å². The number of anilines is 2. The highest BCUT2D eigenvalue weighted by Gasteiger charge is 2.17. The van der Waals surface area contributed by atoms with Crippen molar-refractivity contribution in [2.45, 2.75) is 33.7 Å². The lowest BCUT2D eigenvalue weighted by Gasteiger charge is -2.21. The number of aromatic nitrogens is 2. The Kier molecular flexibility index (Phi) is 5.54. The molecule has 1 amide bonds. The molecule has 1 unspecified atom stereocenters. The zero-order valence-corrected chi connectivity index (χ0v) is 12.3. The van der Waals surface area contributed by atoms with Crippen molar-refractivity contribution in [2.75, 3.05) is 30.8 Å². The first-order valence-corrected chi connectivity index (χ1v) is 6.58. The van der Waals surface area contributed by atoms with Crippen LogP contribution in [0.25, 0.3) is 0 Å². The molecule has 2 N–H and O–H groups in total. The highest BCUT2D eigenvalue weighted by atomic mass is 16.2. The lowest BCUT2D eigenvalue weighted by atomic mass is 10.2. The summed E-state index contributed by atoms with van der Waals surface area (Å²) in [6, 6.07) is -0.312. The molecule has 106 valence electrons. The smallest absolute Gasteiger partial charge is 0.244 e. The van der Waals surface area contributed by atoms with Gasteiger partial charge in [0.05, 0.1) is 0 Å². The summed E-state index contributed by atoms with van der Waals surface area (Å²) in [4.78, 5) is 22.2. The van der Waals surface area contributed by atoms with E-state index in [9.17, 15) is 4.79 Å². The van der Waals surface area contributed by atoms with Crippen LogP contribution in [-0.2, 0) is 4.79 Å². The summed E-state index contributed by atoms with van der Waals surface area (Å²) in [6.45, 7) is 9.13. The second-order valence-corrected chi connectivity index (χ2v) is 4.47. The monoisotopic (exact) mass is 265 g/mol. The van der Waals surface area contributed by atoms with Gasteiger partial charge < -0.3 is 15.5 Å². The molecule has 1 aromatic rings. The molecule has 0 aliphatic rings. The number of nitrogens with one attached hydrogen (secondary N) is 2. The average molecular weight is 265 g/mol. The summed E-state index contributed by atoms with van der Waals surface area (Å²) in [5, 5.41) is 6.20. The molecular weight excluding hydrogens is 242 g/mol. The largest absolute Gasteiger partial charge is 0.358 e. The van der Waals surface area contributed by atoms with Crippen LogP contribution < -0.4 is 10.6 Å². The van der Waals surface area contributed by atoms with E-state index >= 15 is 0 Å². The number of likely N-dealkylation sites (N-methyl/N-ethyl adjacent to an activating group) is 1. The Balaban J connectivity index is 2.80. The first kappa shape index (κ1) is 15.2. The summed E-state index contributed by atoms with van der Waals surface area (Å²) in [5.41, 5.74) is 0.917. The molecule has 0 aliphatic carbocycles. The standard InChI is InChI=1S/C13H23N5O/c1-6-14-13-15-8-9(3)11(17-13)16-10(4)12(19)18(5)7-2/h8,10H,6-7H2,1-5H3,(H2,14,15,16,17). The zero-order valence-electron chi connectivity index (χ0n) is 12.3. The highest BCUT2D eigenvalue weighted by molar-refractivity contribution is 5.84. The second-order valence-electron chi connectivity index (χ2n) is 4.47. The molecule has 1 aromatic heterocycles. The maximum absolute atomic E-state index is 12.0. The number of nitrogens with zero attached hydrogens (tertiary/aromatic N) is 3. The molecule has 6 nitrogen and oxygen atoms in total. The maximum atomic E-state index is 12.0. The van der Waals surface area contributed by atoms with Crippen LogP contribution in [0.15, 0.2) is 6.20 Å². The Bertz CT molecular complexity index is 435. The quantitative estimate of drug-likeness (QED) is 0.815. The van der Waals surface area contributed by atoms with Gasteiger partial charge in [0.15, 0.2) is 0 Å². The fourth-order valence-electron chi connectivity index (χ4n) is 1.58. The van der Waals surface area contributed by atoms with E-state index in [1.807, 2.05) is 27.7 Å². The minimum atomic E-state index is -0.312. The minimum Gasteiger partial charge on any atom is -0.358 e. The van der Waals surface area contributed by atoms with Gasteiger partial charge in [-0.15, -0.1) is 0 Å². The van der Waals surface area contributed by atoms with Crippen molar-refractivity contribution in [3.63, 3.8) is 0 Å². The third-order valence-corrected chi connectivity index (χ3v) is 2.88. The van der Waals surface area contributed by atoms with E-state index in [2.05, 4.69) is 20.6 Å². The minimum absolute atomic E-state index is 0.0468. The average Bonchev–Trinajstić information content (AvgIpc) is 2.41. The molecule has 0 fully saturated rings. The first-order valence-electron chi connectivity index (χ1n) is 6.58. The normalized spacial score (nSPS) is 11.8. The van der Waals surface area contributed by atoms with E-state index in [-0.39, 0.29) is 11.9 Å². The fourth-order valence-corrected chi connectivity index (χ4v) is 1.58. The molecular formula is C13H23N5O. The van der Waals surface area contributed by atoms with Gasteiger partial charge in [-0.05, 0) is 27.7 Å². The zero-order chi connectivity index (χ0) is 14.4. The molecule has 1 heterocycles. The van der Waals surface area contributed by atoms with Gasteiger partial charge in [-0.25, -0.2) is 4.98 Å². The van der Waals surface area contributed by atoms with Crippen molar-refractivity contribution in [1.82, 2.24) is 14.9 Å². The van der Waals surface area contributed by atoms with E-state index < -0.39 is 0 Å². The van der Waals surface area contributed by atoms with Crippen LogP contribution in [0.2, 0.25) is 0 Å². The molecule has 1 atom stereocenters. The Morgan fingerprint density at radius 2 is 2.16 bits per heavy atom. The van der Waals surface area contributed by atoms with Gasteiger partial charge in [0, 0.05) is 31.9 Å². The van der Waals surface area contributed by atoms with Crippen LogP contribution >= 0.6 is 0 Å². The van der Waals surface area contributed by atoms with Gasteiger partial charge in [0.2, 0.25) is 11.9 Å². The van der Waals surface area contributed by atoms with Gasteiger partial charge in [-0.3, -0.25) is 4.79 Å². The second kappa shape index (κ2) is 6.92. The number of hydrogen-bond acceptors (Lipinski definition) is 5. The van der Waals surface area contributed by atoms with Crippen molar-refractivity contribution in [3.8, 4) is 0 Å². The number of rotatable bonds is 6. The summed E-state index contributed by atoms with van der Waals surface area (Å²) in [6.07, 6.45) is 1.74. The van der Waals surface area contributed by atoms with Crippen molar-refractivity contribution in [3.05, 3.63) is 11.8 Å². The molecule has 0 aromatic carbocycles. The summed E-state index contributed by atoms with van der Waals surface area (Å²) in [7, 11) is 1.79. The molecule has 0 aliphatic heterocycles. The van der Waals surface area contributed by atoms with Crippen LogP contribution in [0.5, 0.6) is 0 Å². The van der Waals surface area contributed by atoms with Crippen LogP contribution in [0.3, 0.4) is 0 Å². The van der Waals surface area contributed by atoms with Crippen LogP contribution in [0.1, 0.15) is 26.3 Å². The summed E-state index contributed by atoms with van der Waals surface area (Å²) < 4.78 is 0. The van der Waals surface area contributed by atoms with Crippen molar-refractivity contribution in [2.24, 2.45) is 0 Å². The van der Waals surface area contributed by atoms with E-state index in [0.29, 0.717) is 18.3 Å². The lowest BCUT2D eigenvalue weighted by molar-refractivity contribution is -0.130. The summed E-state index contributed by atoms with van der Waals surface area (Å²) >= 11 is 0. The molecule has 6 heteroatoms. The molecule has 1 rings (SSSR count). The maximum Gasteiger partial charge on any atom is 0.244 e. The number of amides is 1. The van der Waals surface area contributed by atoms with Crippen molar-refractivity contribution in [1.29, 1.82) is 0 Å². The molecule has 0 saturated carbocycles. The van der Waals surface area contributed by atoms with Crippen molar-refractivity contribution < 1.29 is 4.79 Å². The first-order chi connectivity index (χ1) is 8.99. The Labute approximate surface area is 114 Å². The van der Waals surface area contributed by atoms with Crippen LogP contribution in [0, 0.1) is 6.92 Å². The van der Waals surface area contributed by atoms with Crippen LogP contribution in [-0.4, -0.2) is 47.0 Å². The number of hydrogen-bond donors (Lipinski definition) is 2. The van der Waals surface area contributed by atoms with E-state index in [4.69, 9.17) is 0 Å². The lowest BCUT2D eigenvalue weighted by Crippen LogP contribution is -2.39. The molecule has 0 saturated heterocycles. The molecule has 0 radical (unpaired) electrons. The number of aryl methyl sites for hydroxylation is 1. The van der Waals surface area contributed by atoms with Crippen LogP contribution in [0.4, 0.5) is 11.8 Å². The predicted molar refractivity (Wildman–Crippen MR) is 77.3 cm³/mol. The van der Waals surface area contributed by atoms with E-state index in [1.165, 1.54) is 0 Å². The Morgan fingerprint density at radius 3 is 2.74 bits per heavy atom. The fraction of sp³-hybridized carbons (Fsp3) is 0.615. The Hall–Kier alpha value is -1.85. The molecule has 0 bridgehead atoms. The summed E-state index contributed by atoms with van der Waals surface area (Å²) in [5.74, 6) is 1.31. The number of carbonyl (C=O) groups excluding carboxylic acids is 1. The Morgan fingerprint density at radius 1 is 1.47 bits per heavy atom. The molecule has 19 heavy (non-hydrogen) atoms. The molecule has 0 spiro atoms. The highest BCUT2D eigenvalue weighted by Crippen LogP contribution is 2.14. The third kappa shape index (κ3) is 4.08.